The molecule has 0 radical (unpaired) electrons. The Bertz CT molecular complexity index is 952. The van der Waals surface area contributed by atoms with E-state index in [4.69, 9.17) is 0 Å². The van der Waals surface area contributed by atoms with E-state index in [0.717, 1.165) is 5.56 Å². The van der Waals surface area contributed by atoms with Crippen LogP contribution in [0.5, 0.6) is 0 Å². The van der Waals surface area contributed by atoms with Gasteiger partial charge in [-0.15, -0.1) is 0 Å². The van der Waals surface area contributed by atoms with Crippen molar-refractivity contribution in [3.8, 4) is 11.1 Å². The first-order chi connectivity index (χ1) is 13.0. The maximum atomic E-state index is 14.3. The van der Waals surface area contributed by atoms with Crippen LogP contribution >= 0.6 is 0 Å². The van der Waals surface area contributed by atoms with Gasteiger partial charge in [-0.1, -0.05) is 62.4 Å². The highest BCUT2D eigenvalue weighted by molar-refractivity contribution is 5.91. The van der Waals surface area contributed by atoms with Crippen LogP contribution in [-0.2, 0) is 12.8 Å². The van der Waals surface area contributed by atoms with Crippen molar-refractivity contribution in [2.45, 2.75) is 32.6 Å². The Kier molecular flexibility index (Phi) is 5.65. The fourth-order valence-electron chi connectivity index (χ4n) is 3.19. The lowest BCUT2D eigenvalue weighted by Crippen LogP contribution is -2.11. The SMILES string of the molecule is CC(C)c1nc(CCc2ccccc2)c(C(=O)O)cc1-c1ccccc1F. The molecule has 0 unspecified atom stereocenters. The maximum Gasteiger partial charge on any atom is 0.337 e. The molecule has 0 spiro atoms. The van der Waals surface area contributed by atoms with Gasteiger partial charge >= 0.3 is 5.97 Å². The van der Waals surface area contributed by atoms with Gasteiger partial charge in [0.05, 0.1) is 17.0 Å². The first-order valence-electron chi connectivity index (χ1n) is 9.03. The second kappa shape index (κ2) is 8.12. The number of halogens is 1. The molecule has 138 valence electrons. The Labute approximate surface area is 158 Å². The molecular weight excluding hydrogens is 341 g/mol. The summed E-state index contributed by atoms with van der Waals surface area (Å²) in [6.07, 6.45) is 1.22. The molecule has 1 heterocycles. The van der Waals surface area contributed by atoms with Crippen LogP contribution in [-0.4, -0.2) is 16.1 Å². The first-order valence-corrected chi connectivity index (χ1v) is 9.03. The second-order valence-corrected chi connectivity index (χ2v) is 6.84. The lowest BCUT2D eigenvalue weighted by Gasteiger charge is -2.17. The highest BCUT2D eigenvalue weighted by Gasteiger charge is 2.20. The molecule has 0 amide bonds. The van der Waals surface area contributed by atoms with E-state index in [2.05, 4.69) is 4.98 Å². The molecule has 0 aliphatic heterocycles. The Morgan fingerprint density at radius 1 is 1.00 bits per heavy atom. The number of rotatable bonds is 6. The molecule has 3 nitrogen and oxygen atoms in total. The summed E-state index contributed by atoms with van der Waals surface area (Å²) < 4.78 is 14.3. The summed E-state index contributed by atoms with van der Waals surface area (Å²) in [5.74, 6) is -1.38. The zero-order chi connectivity index (χ0) is 19.4. The number of benzene rings is 2. The van der Waals surface area contributed by atoms with Crippen LogP contribution in [0.25, 0.3) is 11.1 Å². The molecule has 1 N–H and O–H groups in total. The van der Waals surface area contributed by atoms with Crippen LogP contribution in [0.4, 0.5) is 4.39 Å². The molecule has 1 aromatic heterocycles. The lowest BCUT2D eigenvalue weighted by atomic mass is 9.93. The van der Waals surface area contributed by atoms with E-state index in [1.54, 1.807) is 24.3 Å². The van der Waals surface area contributed by atoms with E-state index in [1.165, 1.54) is 6.07 Å². The molecule has 0 bridgehead atoms. The van der Waals surface area contributed by atoms with Gasteiger partial charge in [-0.25, -0.2) is 9.18 Å². The van der Waals surface area contributed by atoms with Gasteiger partial charge in [0.1, 0.15) is 5.82 Å². The maximum absolute atomic E-state index is 14.3. The Balaban J connectivity index is 2.08. The van der Waals surface area contributed by atoms with Crippen molar-refractivity contribution in [3.63, 3.8) is 0 Å². The number of nitrogens with zero attached hydrogens (tertiary/aromatic N) is 1. The number of aryl methyl sites for hydroxylation is 2. The van der Waals surface area contributed by atoms with Crippen molar-refractivity contribution < 1.29 is 14.3 Å². The number of carboxylic acid groups (broad SMARTS) is 1. The lowest BCUT2D eigenvalue weighted by molar-refractivity contribution is 0.0695. The van der Waals surface area contributed by atoms with E-state index in [1.807, 2.05) is 44.2 Å². The summed E-state index contributed by atoms with van der Waals surface area (Å²) >= 11 is 0. The number of carboxylic acids is 1. The molecule has 4 heteroatoms. The van der Waals surface area contributed by atoms with Crippen molar-refractivity contribution in [2.24, 2.45) is 0 Å². The quantitative estimate of drug-likeness (QED) is 0.629. The minimum Gasteiger partial charge on any atom is -0.478 e. The van der Waals surface area contributed by atoms with E-state index in [-0.39, 0.29) is 17.3 Å². The number of hydrogen-bond acceptors (Lipinski definition) is 2. The van der Waals surface area contributed by atoms with Gasteiger partial charge in [0.25, 0.3) is 0 Å². The van der Waals surface area contributed by atoms with Gasteiger partial charge in [-0.3, -0.25) is 4.98 Å². The van der Waals surface area contributed by atoms with Gasteiger partial charge in [0, 0.05) is 11.1 Å². The van der Waals surface area contributed by atoms with Crippen molar-refractivity contribution in [2.75, 3.05) is 0 Å². The topological polar surface area (TPSA) is 50.2 Å². The molecule has 0 saturated carbocycles. The molecular formula is C23H22FNO2. The second-order valence-electron chi connectivity index (χ2n) is 6.84. The van der Waals surface area contributed by atoms with Crippen LogP contribution in [0.2, 0.25) is 0 Å². The molecule has 0 aliphatic rings. The summed E-state index contributed by atoms with van der Waals surface area (Å²) in [6, 6.07) is 17.9. The zero-order valence-electron chi connectivity index (χ0n) is 15.4. The van der Waals surface area contributed by atoms with Crippen LogP contribution < -0.4 is 0 Å². The summed E-state index contributed by atoms with van der Waals surface area (Å²) in [5.41, 5.74) is 3.44. The largest absolute Gasteiger partial charge is 0.478 e. The highest BCUT2D eigenvalue weighted by atomic mass is 19.1. The fourth-order valence-corrected chi connectivity index (χ4v) is 3.19. The van der Waals surface area contributed by atoms with Crippen LogP contribution in [0, 0.1) is 5.82 Å². The Hall–Kier alpha value is -3.01. The molecule has 0 fully saturated rings. The molecule has 3 aromatic rings. The van der Waals surface area contributed by atoms with Gasteiger partial charge in [-0.05, 0) is 36.5 Å². The standard InChI is InChI=1S/C23H22FNO2/c1-15(2)22-18(17-10-6-7-11-20(17)24)14-19(23(26)27)21(25-22)13-12-16-8-4-3-5-9-16/h3-11,14-15H,12-13H2,1-2H3,(H,26,27). The third-order valence-corrected chi connectivity index (χ3v) is 4.57. The van der Waals surface area contributed by atoms with E-state index >= 15 is 0 Å². The third-order valence-electron chi connectivity index (χ3n) is 4.57. The normalized spacial score (nSPS) is 11.0. The average molecular weight is 363 g/mol. The molecule has 3 rings (SSSR count). The van der Waals surface area contributed by atoms with E-state index in [0.29, 0.717) is 35.4 Å². The van der Waals surface area contributed by atoms with Crippen LogP contribution in [0.3, 0.4) is 0 Å². The van der Waals surface area contributed by atoms with Gasteiger partial charge in [-0.2, -0.15) is 0 Å². The monoisotopic (exact) mass is 363 g/mol. The number of aromatic nitrogens is 1. The first kappa shape index (κ1) is 18.8. The van der Waals surface area contributed by atoms with Crippen molar-refractivity contribution in [3.05, 3.63) is 89.0 Å². The smallest absolute Gasteiger partial charge is 0.337 e. The van der Waals surface area contributed by atoms with Gasteiger partial charge < -0.3 is 5.11 Å². The number of aromatic carboxylic acids is 1. The van der Waals surface area contributed by atoms with Crippen LogP contribution in [0.15, 0.2) is 60.7 Å². The Morgan fingerprint density at radius 2 is 1.67 bits per heavy atom. The van der Waals surface area contributed by atoms with Gasteiger partial charge in [0.15, 0.2) is 0 Å². The zero-order valence-corrected chi connectivity index (χ0v) is 15.4. The van der Waals surface area contributed by atoms with Crippen molar-refractivity contribution in [1.82, 2.24) is 4.98 Å². The summed E-state index contributed by atoms with van der Waals surface area (Å²) in [7, 11) is 0. The van der Waals surface area contributed by atoms with Crippen molar-refractivity contribution >= 4 is 5.97 Å². The summed E-state index contributed by atoms with van der Waals surface area (Å²) in [6.45, 7) is 3.96. The molecule has 2 aromatic carbocycles. The summed E-state index contributed by atoms with van der Waals surface area (Å²) in [5, 5.41) is 9.70. The number of carbonyl (C=O) groups is 1. The fraction of sp³-hybridized carbons (Fsp3) is 0.217. The third kappa shape index (κ3) is 4.22. The van der Waals surface area contributed by atoms with Crippen molar-refractivity contribution in [1.29, 1.82) is 0 Å². The molecule has 0 aliphatic carbocycles. The van der Waals surface area contributed by atoms with Gasteiger partial charge in [0.2, 0.25) is 0 Å². The number of hydrogen-bond donors (Lipinski definition) is 1. The predicted molar refractivity (Wildman–Crippen MR) is 105 cm³/mol. The number of pyridine rings is 1. The molecule has 0 saturated heterocycles. The summed E-state index contributed by atoms with van der Waals surface area (Å²) in [4.78, 5) is 16.5. The Morgan fingerprint density at radius 3 is 2.30 bits per heavy atom. The average Bonchev–Trinajstić information content (AvgIpc) is 2.67. The minimum absolute atomic E-state index is 0.0397. The predicted octanol–water partition coefficient (Wildman–Crippen LogP) is 5.49. The van der Waals surface area contributed by atoms with E-state index in [9.17, 15) is 14.3 Å². The molecule has 0 atom stereocenters. The molecule has 27 heavy (non-hydrogen) atoms. The minimum atomic E-state index is -1.04. The van der Waals surface area contributed by atoms with E-state index < -0.39 is 5.97 Å². The highest BCUT2D eigenvalue weighted by Crippen LogP contribution is 2.32. The van der Waals surface area contributed by atoms with Crippen LogP contribution in [0.1, 0.15) is 47.1 Å².